The van der Waals surface area contributed by atoms with Crippen molar-refractivity contribution in [1.82, 2.24) is 0 Å². The summed E-state index contributed by atoms with van der Waals surface area (Å²) in [4.78, 5) is 12.7. The van der Waals surface area contributed by atoms with Crippen LogP contribution in [0, 0.1) is 0 Å². The first-order valence-corrected chi connectivity index (χ1v) is 16.4. The maximum atomic E-state index is 12.7. The van der Waals surface area contributed by atoms with Crippen molar-refractivity contribution in [2.75, 3.05) is 6.61 Å². The number of unbranched alkanes of at least 4 members (excludes halogenated alkanes) is 12. The first kappa shape index (κ1) is 33.7. The highest BCUT2D eigenvalue weighted by Crippen LogP contribution is 2.41. The molecule has 0 N–H and O–H groups in total. The van der Waals surface area contributed by atoms with E-state index in [1.54, 1.807) is 16.7 Å². The fourth-order valence-corrected chi connectivity index (χ4v) is 5.83. The van der Waals surface area contributed by atoms with Crippen molar-refractivity contribution in [3.63, 3.8) is 0 Å². The smallest absolute Gasteiger partial charge is 0.331 e. The molecule has 0 fully saturated rings. The van der Waals surface area contributed by atoms with Crippen LogP contribution in [0.5, 0.6) is 0 Å². The monoisotopic (exact) mass is 514 g/mol. The molecule has 0 saturated carbocycles. The van der Waals surface area contributed by atoms with Crippen LogP contribution in [0.2, 0.25) is 0 Å². The maximum Gasteiger partial charge on any atom is 0.331 e. The van der Waals surface area contributed by atoms with E-state index < -0.39 is 0 Å². The van der Waals surface area contributed by atoms with Gasteiger partial charge in [0, 0.05) is 6.08 Å². The van der Waals surface area contributed by atoms with Gasteiger partial charge in [-0.25, -0.2) is 4.79 Å². The standard InChI is InChI=1S/C35H62O2/c1-6-11-15-19-23-30-27-28-31(29-35(36)37-10-5)33(25-21-17-13-8-3)34(26-22-18-14-9-4)32(30)24-20-16-12-7-2/h29H,6-28H2,1-5H3/b31-29+. The highest BCUT2D eigenvalue weighted by molar-refractivity contribution is 5.84. The first-order chi connectivity index (χ1) is 18.1. The Bertz CT molecular complexity index is 694. The fourth-order valence-electron chi connectivity index (χ4n) is 5.83. The summed E-state index contributed by atoms with van der Waals surface area (Å²) in [5.74, 6) is -0.148. The summed E-state index contributed by atoms with van der Waals surface area (Å²) in [6.07, 6.45) is 29.6. The SMILES string of the molecule is CCCCCCC1=C(CCCCCC)C(CCCCCC)=C(CCCCCC)/C(=C/C(=O)OCC)CC1. The first-order valence-electron chi connectivity index (χ1n) is 16.4. The zero-order valence-electron chi connectivity index (χ0n) is 25.7. The van der Waals surface area contributed by atoms with E-state index in [2.05, 4.69) is 27.7 Å². The molecule has 214 valence electrons. The molecule has 37 heavy (non-hydrogen) atoms. The van der Waals surface area contributed by atoms with E-state index in [1.165, 1.54) is 133 Å². The van der Waals surface area contributed by atoms with Crippen LogP contribution in [-0.2, 0) is 9.53 Å². The highest BCUT2D eigenvalue weighted by atomic mass is 16.5. The average molecular weight is 515 g/mol. The molecule has 0 bridgehead atoms. The largest absolute Gasteiger partial charge is 0.463 e. The Hall–Kier alpha value is -1.31. The van der Waals surface area contributed by atoms with Crippen LogP contribution in [-0.4, -0.2) is 12.6 Å². The third kappa shape index (κ3) is 14.4. The topological polar surface area (TPSA) is 26.3 Å². The van der Waals surface area contributed by atoms with E-state index in [-0.39, 0.29) is 5.97 Å². The summed E-state index contributed by atoms with van der Waals surface area (Å²) in [5, 5.41) is 0. The van der Waals surface area contributed by atoms with Crippen LogP contribution in [0.3, 0.4) is 0 Å². The lowest BCUT2D eigenvalue weighted by atomic mass is 9.84. The molecule has 0 spiro atoms. The molecule has 0 aromatic carbocycles. The number of carbonyl (C=O) groups is 1. The molecular formula is C35H62O2. The second-order valence-corrected chi connectivity index (χ2v) is 11.2. The van der Waals surface area contributed by atoms with E-state index in [0.717, 1.165) is 19.3 Å². The quantitative estimate of drug-likeness (QED) is 0.0815. The molecule has 0 aromatic rings. The molecule has 0 radical (unpaired) electrons. The lowest BCUT2D eigenvalue weighted by molar-refractivity contribution is -0.137. The minimum absolute atomic E-state index is 0.148. The molecule has 0 aromatic heterocycles. The minimum Gasteiger partial charge on any atom is -0.463 e. The second-order valence-electron chi connectivity index (χ2n) is 11.2. The number of hydrogen-bond acceptors (Lipinski definition) is 2. The van der Waals surface area contributed by atoms with Gasteiger partial charge in [0.2, 0.25) is 0 Å². The van der Waals surface area contributed by atoms with Crippen molar-refractivity contribution in [3.05, 3.63) is 33.9 Å². The van der Waals surface area contributed by atoms with Gasteiger partial charge in [-0.05, 0) is 93.4 Å². The molecule has 2 heteroatoms. The second kappa shape index (κ2) is 22.7. The van der Waals surface area contributed by atoms with Crippen LogP contribution in [0.4, 0.5) is 0 Å². The minimum atomic E-state index is -0.148. The molecule has 0 atom stereocenters. The number of hydrogen-bond donors (Lipinski definition) is 0. The normalized spacial score (nSPS) is 15.5. The lowest BCUT2D eigenvalue weighted by Crippen LogP contribution is -2.05. The van der Waals surface area contributed by atoms with E-state index in [9.17, 15) is 4.79 Å². The number of ether oxygens (including phenoxy) is 1. The van der Waals surface area contributed by atoms with Gasteiger partial charge >= 0.3 is 5.97 Å². The third-order valence-electron chi connectivity index (χ3n) is 7.99. The Kier molecular flexibility index (Phi) is 20.6. The summed E-state index contributed by atoms with van der Waals surface area (Å²) < 4.78 is 5.41. The number of esters is 1. The van der Waals surface area contributed by atoms with Gasteiger partial charge in [0.1, 0.15) is 0 Å². The molecule has 0 saturated heterocycles. The summed E-state index contributed by atoms with van der Waals surface area (Å²) >= 11 is 0. The van der Waals surface area contributed by atoms with Crippen molar-refractivity contribution in [3.8, 4) is 0 Å². The fraction of sp³-hybridized carbons (Fsp3) is 0.800. The predicted octanol–water partition coefficient (Wildman–Crippen LogP) is 11.7. The summed E-state index contributed by atoms with van der Waals surface area (Å²) in [6.45, 7) is 11.6. The van der Waals surface area contributed by atoms with Gasteiger partial charge < -0.3 is 4.74 Å². The molecule has 1 aliphatic carbocycles. The van der Waals surface area contributed by atoms with Crippen molar-refractivity contribution >= 4 is 5.97 Å². The Morgan fingerprint density at radius 3 is 1.51 bits per heavy atom. The van der Waals surface area contributed by atoms with Crippen LogP contribution in [0.25, 0.3) is 0 Å². The van der Waals surface area contributed by atoms with Gasteiger partial charge in [0.15, 0.2) is 0 Å². The summed E-state index contributed by atoms with van der Waals surface area (Å²) in [6, 6.07) is 0. The van der Waals surface area contributed by atoms with Crippen LogP contribution in [0.1, 0.15) is 176 Å². The Morgan fingerprint density at radius 1 is 0.568 bits per heavy atom. The van der Waals surface area contributed by atoms with E-state index in [1.807, 2.05) is 13.0 Å². The van der Waals surface area contributed by atoms with Gasteiger partial charge in [0.05, 0.1) is 6.61 Å². The van der Waals surface area contributed by atoms with Gasteiger partial charge in [-0.15, -0.1) is 0 Å². The van der Waals surface area contributed by atoms with Crippen LogP contribution >= 0.6 is 0 Å². The van der Waals surface area contributed by atoms with Gasteiger partial charge in [0.25, 0.3) is 0 Å². The molecule has 1 rings (SSSR count). The van der Waals surface area contributed by atoms with E-state index in [4.69, 9.17) is 4.74 Å². The third-order valence-corrected chi connectivity index (χ3v) is 7.99. The summed E-state index contributed by atoms with van der Waals surface area (Å²) in [5.41, 5.74) is 7.88. The highest BCUT2D eigenvalue weighted by Gasteiger charge is 2.23. The Morgan fingerprint density at radius 2 is 1.03 bits per heavy atom. The van der Waals surface area contributed by atoms with E-state index >= 15 is 0 Å². The number of allylic oxidation sites excluding steroid dienone is 5. The molecule has 2 nitrogen and oxygen atoms in total. The zero-order chi connectivity index (χ0) is 27.1. The molecule has 0 amide bonds. The van der Waals surface area contributed by atoms with Crippen molar-refractivity contribution in [1.29, 1.82) is 0 Å². The maximum absolute atomic E-state index is 12.7. The predicted molar refractivity (Wildman–Crippen MR) is 163 cm³/mol. The Labute approximate surface area is 231 Å². The molecule has 1 aliphatic rings. The van der Waals surface area contributed by atoms with Gasteiger partial charge in [-0.2, -0.15) is 0 Å². The number of carbonyl (C=O) groups excluding carboxylic acids is 1. The van der Waals surface area contributed by atoms with Gasteiger partial charge in [-0.3, -0.25) is 0 Å². The molecule has 0 unspecified atom stereocenters. The number of rotatable bonds is 22. The lowest BCUT2D eigenvalue weighted by Gasteiger charge is -2.21. The molecule has 0 heterocycles. The van der Waals surface area contributed by atoms with Crippen molar-refractivity contribution in [2.45, 2.75) is 176 Å². The van der Waals surface area contributed by atoms with Gasteiger partial charge in [-0.1, -0.05) is 110 Å². The van der Waals surface area contributed by atoms with Crippen LogP contribution < -0.4 is 0 Å². The van der Waals surface area contributed by atoms with Crippen molar-refractivity contribution < 1.29 is 9.53 Å². The molecular weight excluding hydrogens is 452 g/mol. The van der Waals surface area contributed by atoms with Crippen LogP contribution in [0.15, 0.2) is 33.9 Å². The average Bonchev–Trinajstić information content (AvgIpc) is 3.02. The summed E-state index contributed by atoms with van der Waals surface area (Å²) in [7, 11) is 0. The van der Waals surface area contributed by atoms with E-state index in [0.29, 0.717) is 6.61 Å². The Balaban J connectivity index is 3.48. The van der Waals surface area contributed by atoms with Crippen molar-refractivity contribution in [2.24, 2.45) is 0 Å². The molecule has 0 aliphatic heterocycles. The zero-order valence-corrected chi connectivity index (χ0v) is 25.7.